The van der Waals surface area contributed by atoms with Crippen LogP contribution in [-0.2, 0) is 6.42 Å². The van der Waals surface area contributed by atoms with Crippen molar-refractivity contribution in [2.45, 2.75) is 46.6 Å². The quantitative estimate of drug-likeness (QED) is 0.580. The summed E-state index contributed by atoms with van der Waals surface area (Å²) in [7, 11) is 0. The number of carbonyl (C=O) groups is 1. The lowest BCUT2D eigenvalue weighted by molar-refractivity contribution is 0.0947. The molecule has 3 N–H and O–H groups in total. The van der Waals surface area contributed by atoms with Crippen LogP contribution in [0.1, 0.15) is 47.8 Å². The average molecular weight is 299 g/mol. The molecule has 0 aliphatic rings. The van der Waals surface area contributed by atoms with E-state index in [0.717, 1.165) is 6.42 Å². The average Bonchev–Trinajstić information content (AvgIpc) is 2.65. The smallest absolute Gasteiger partial charge is 0.279 e. The second-order valence-corrected chi connectivity index (χ2v) is 6.99. The third-order valence-electron chi connectivity index (χ3n) is 2.40. The van der Waals surface area contributed by atoms with Gasteiger partial charge in [-0.15, -0.1) is 11.3 Å². The number of aryl methyl sites for hydroxylation is 2. The molecule has 0 unspecified atom stereocenters. The van der Waals surface area contributed by atoms with Gasteiger partial charge >= 0.3 is 0 Å². The first-order valence-electron chi connectivity index (χ1n) is 6.20. The Labute approximate surface area is 123 Å². The number of thiocarbonyl (C=S) groups is 1. The fourth-order valence-electron chi connectivity index (χ4n) is 1.53. The van der Waals surface area contributed by atoms with Gasteiger partial charge in [-0.05, 0) is 58.0 Å². The molecule has 0 aliphatic carbocycles. The summed E-state index contributed by atoms with van der Waals surface area (Å²) in [4.78, 5) is 13.8. The predicted octanol–water partition coefficient (Wildman–Crippen LogP) is 2.53. The Bertz CT molecular complexity index is 475. The summed E-state index contributed by atoms with van der Waals surface area (Å²) in [5.74, 6) is -0.161. The van der Waals surface area contributed by atoms with Gasteiger partial charge < -0.3 is 5.32 Å². The Morgan fingerprint density at radius 2 is 2.00 bits per heavy atom. The molecule has 6 heteroatoms. The maximum absolute atomic E-state index is 11.9. The molecule has 0 aliphatic heterocycles. The summed E-state index contributed by atoms with van der Waals surface area (Å²) >= 11 is 6.59. The Morgan fingerprint density at radius 3 is 2.47 bits per heavy atom. The third kappa shape index (κ3) is 5.16. The van der Waals surface area contributed by atoms with Gasteiger partial charge in [-0.1, -0.05) is 6.92 Å². The zero-order valence-electron chi connectivity index (χ0n) is 12.0. The molecule has 0 saturated heterocycles. The number of hydrazine groups is 1. The van der Waals surface area contributed by atoms with Gasteiger partial charge in [0, 0.05) is 10.4 Å². The van der Waals surface area contributed by atoms with E-state index < -0.39 is 0 Å². The molecule has 1 rings (SSSR count). The fraction of sp³-hybridized carbons (Fsp3) is 0.538. The van der Waals surface area contributed by atoms with Crippen LogP contribution < -0.4 is 16.2 Å². The highest BCUT2D eigenvalue weighted by Crippen LogP contribution is 2.21. The number of rotatable bonds is 2. The van der Waals surface area contributed by atoms with Crippen molar-refractivity contribution in [3.05, 3.63) is 21.4 Å². The van der Waals surface area contributed by atoms with Crippen molar-refractivity contribution >= 4 is 34.6 Å². The third-order valence-corrected chi connectivity index (χ3v) is 3.70. The summed E-state index contributed by atoms with van der Waals surface area (Å²) in [6, 6.07) is 1.93. The first-order chi connectivity index (χ1) is 8.73. The van der Waals surface area contributed by atoms with E-state index in [1.165, 1.54) is 21.8 Å². The minimum atomic E-state index is -0.161. The summed E-state index contributed by atoms with van der Waals surface area (Å²) in [5.41, 5.74) is 6.39. The highest BCUT2D eigenvalue weighted by molar-refractivity contribution is 7.80. The molecular formula is C13H21N3OS2. The van der Waals surface area contributed by atoms with Crippen molar-refractivity contribution in [1.82, 2.24) is 16.2 Å². The summed E-state index contributed by atoms with van der Waals surface area (Å²) < 4.78 is 0. The van der Waals surface area contributed by atoms with E-state index in [9.17, 15) is 4.79 Å². The second kappa shape index (κ2) is 6.34. The van der Waals surface area contributed by atoms with Crippen LogP contribution in [0.25, 0.3) is 0 Å². The second-order valence-electron chi connectivity index (χ2n) is 5.33. The Balaban J connectivity index is 2.53. The van der Waals surface area contributed by atoms with Gasteiger partial charge in [0.25, 0.3) is 5.91 Å². The SMILES string of the molecule is CCc1cc(C(=O)NNC(=S)NC(C)(C)C)sc1C. The number of amides is 1. The van der Waals surface area contributed by atoms with Crippen LogP contribution in [0, 0.1) is 6.92 Å². The predicted molar refractivity (Wildman–Crippen MR) is 84.5 cm³/mol. The van der Waals surface area contributed by atoms with Gasteiger partial charge in [0.1, 0.15) is 0 Å². The standard InChI is InChI=1S/C13H21N3OS2/c1-6-9-7-10(19-8(9)2)11(17)15-16-12(18)14-13(3,4)5/h7H,6H2,1-5H3,(H,15,17)(H2,14,16,18). The highest BCUT2D eigenvalue weighted by atomic mass is 32.1. The van der Waals surface area contributed by atoms with Gasteiger partial charge in [0.15, 0.2) is 5.11 Å². The van der Waals surface area contributed by atoms with Crippen LogP contribution in [0.4, 0.5) is 0 Å². The van der Waals surface area contributed by atoms with Crippen molar-refractivity contribution in [2.24, 2.45) is 0 Å². The van der Waals surface area contributed by atoms with E-state index in [-0.39, 0.29) is 11.4 Å². The molecule has 0 saturated carbocycles. The molecule has 0 aromatic carbocycles. The molecule has 1 aromatic heterocycles. The lowest BCUT2D eigenvalue weighted by Crippen LogP contribution is -2.52. The maximum atomic E-state index is 11.9. The molecular weight excluding hydrogens is 278 g/mol. The van der Waals surface area contributed by atoms with Gasteiger partial charge in [-0.25, -0.2) is 0 Å². The molecule has 1 heterocycles. The van der Waals surface area contributed by atoms with Crippen molar-refractivity contribution in [3.63, 3.8) is 0 Å². The highest BCUT2D eigenvalue weighted by Gasteiger charge is 2.14. The normalized spacial score (nSPS) is 11.0. The van der Waals surface area contributed by atoms with E-state index in [1.54, 1.807) is 0 Å². The zero-order chi connectivity index (χ0) is 14.6. The molecule has 0 atom stereocenters. The van der Waals surface area contributed by atoms with Gasteiger partial charge in [-0.2, -0.15) is 0 Å². The maximum Gasteiger partial charge on any atom is 0.279 e. The van der Waals surface area contributed by atoms with Gasteiger partial charge in [-0.3, -0.25) is 15.6 Å². The van der Waals surface area contributed by atoms with E-state index in [2.05, 4.69) is 23.1 Å². The molecule has 0 fully saturated rings. The monoisotopic (exact) mass is 299 g/mol. The van der Waals surface area contributed by atoms with Crippen molar-refractivity contribution in [1.29, 1.82) is 0 Å². The van der Waals surface area contributed by atoms with Gasteiger partial charge in [0.2, 0.25) is 0 Å². The van der Waals surface area contributed by atoms with E-state index >= 15 is 0 Å². The topological polar surface area (TPSA) is 53.2 Å². The first-order valence-corrected chi connectivity index (χ1v) is 7.43. The number of hydrogen-bond acceptors (Lipinski definition) is 3. The molecule has 0 radical (unpaired) electrons. The first kappa shape index (κ1) is 15.9. The lowest BCUT2D eigenvalue weighted by atomic mass is 10.1. The van der Waals surface area contributed by atoms with E-state index in [1.807, 2.05) is 33.8 Å². The Hall–Kier alpha value is -1.14. The molecule has 19 heavy (non-hydrogen) atoms. The van der Waals surface area contributed by atoms with Crippen LogP contribution >= 0.6 is 23.6 Å². The minimum absolute atomic E-state index is 0.135. The lowest BCUT2D eigenvalue weighted by Gasteiger charge is -2.22. The molecule has 0 bridgehead atoms. The molecule has 1 aromatic rings. The Kier molecular flexibility index (Phi) is 5.31. The van der Waals surface area contributed by atoms with Crippen LogP contribution in [0.2, 0.25) is 0 Å². The number of nitrogens with one attached hydrogen (secondary N) is 3. The summed E-state index contributed by atoms with van der Waals surface area (Å²) in [6.07, 6.45) is 0.938. The largest absolute Gasteiger partial charge is 0.357 e. The van der Waals surface area contributed by atoms with Crippen LogP contribution in [0.15, 0.2) is 6.07 Å². The van der Waals surface area contributed by atoms with E-state index in [4.69, 9.17) is 12.2 Å². The van der Waals surface area contributed by atoms with Crippen molar-refractivity contribution < 1.29 is 4.79 Å². The zero-order valence-corrected chi connectivity index (χ0v) is 13.6. The molecule has 0 spiro atoms. The number of hydrogen-bond donors (Lipinski definition) is 3. The summed E-state index contributed by atoms with van der Waals surface area (Å²) in [6.45, 7) is 10.1. The van der Waals surface area contributed by atoms with Gasteiger partial charge in [0.05, 0.1) is 4.88 Å². The minimum Gasteiger partial charge on any atom is -0.357 e. The fourth-order valence-corrected chi connectivity index (χ4v) is 2.90. The number of carbonyl (C=O) groups excluding carboxylic acids is 1. The van der Waals surface area contributed by atoms with Crippen LogP contribution in [0.3, 0.4) is 0 Å². The van der Waals surface area contributed by atoms with Crippen molar-refractivity contribution in [3.8, 4) is 0 Å². The van der Waals surface area contributed by atoms with E-state index in [0.29, 0.717) is 9.99 Å². The molecule has 106 valence electrons. The van der Waals surface area contributed by atoms with Crippen molar-refractivity contribution in [2.75, 3.05) is 0 Å². The molecule has 4 nitrogen and oxygen atoms in total. The van der Waals surface area contributed by atoms with Crippen LogP contribution in [-0.4, -0.2) is 16.6 Å². The number of thiophene rings is 1. The summed E-state index contributed by atoms with van der Waals surface area (Å²) in [5, 5.41) is 3.47. The van der Waals surface area contributed by atoms with Crippen LogP contribution in [0.5, 0.6) is 0 Å². The Morgan fingerprint density at radius 1 is 1.37 bits per heavy atom. The molecule has 1 amide bonds.